The second kappa shape index (κ2) is 6.94. The van der Waals surface area contributed by atoms with Crippen molar-refractivity contribution in [2.24, 2.45) is 0 Å². The van der Waals surface area contributed by atoms with Crippen molar-refractivity contribution in [3.8, 4) is 0 Å². The Morgan fingerprint density at radius 1 is 1.63 bits per heavy atom. The second-order valence-corrected chi connectivity index (χ2v) is 4.49. The predicted molar refractivity (Wildman–Crippen MR) is 75.5 cm³/mol. The van der Waals surface area contributed by atoms with E-state index in [-0.39, 0.29) is 16.5 Å². The van der Waals surface area contributed by atoms with E-state index in [4.69, 9.17) is 11.6 Å². The van der Waals surface area contributed by atoms with E-state index in [1.54, 1.807) is 20.2 Å². The Balaban J connectivity index is 2.70. The Morgan fingerprint density at radius 2 is 2.32 bits per heavy atom. The zero-order chi connectivity index (χ0) is 14.4. The molecule has 6 nitrogen and oxygen atoms in total. The van der Waals surface area contributed by atoms with Gasteiger partial charge in [-0.05, 0) is 0 Å². The number of halogens is 1. The Hall–Kier alpha value is -1.82. The van der Waals surface area contributed by atoms with Gasteiger partial charge in [-0.2, -0.15) is 5.10 Å². The van der Waals surface area contributed by atoms with Crippen molar-refractivity contribution in [3.63, 3.8) is 0 Å². The first-order chi connectivity index (χ1) is 8.97. The van der Waals surface area contributed by atoms with Crippen molar-refractivity contribution >= 4 is 23.2 Å². The first kappa shape index (κ1) is 15.2. The van der Waals surface area contributed by atoms with E-state index in [2.05, 4.69) is 17.0 Å². The van der Waals surface area contributed by atoms with Gasteiger partial charge in [0.15, 0.2) is 0 Å². The lowest BCUT2D eigenvalue weighted by molar-refractivity contribution is -0.128. The van der Waals surface area contributed by atoms with Crippen LogP contribution in [0.1, 0.15) is 6.42 Å². The first-order valence-corrected chi connectivity index (χ1v) is 6.15. The van der Waals surface area contributed by atoms with E-state index in [1.165, 1.54) is 15.8 Å². The molecule has 0 radical (unpaired) electrons. The van der Waals surface area contributed by atoms with Crippen LogP contribution in [0.2, 0.25) is 5.02 Å². The summed E-state index contributed by atoms with van der Waals surface area (Å²) in [6, 6.07) is 0. The van der Waals surface area contributed by atoms with Gasteiger partial charge in [0.05, 0.1) is 18.4 Å². The third-order valence-corrected chi connectivity index (χ3v) is 2.81. The van der Waals surface area contributed by atoms with Gasteiger partial charge in [0.2, 0.25) is 5.91 Å². The van der Waals surface area contributed by atoms with Crippen molar-refractivity contribution in [3.05, 3.63) is 34.2 Å². The molecule has 0 saturated carbocycles. The van der Waals surface area contributed by atoms with E-state index in [1.807, 2.05) is 0 Å². The predicted octanol–water partition coefficient (Wildman–Crippen LogP) is 0.973. The fourth-order valence-corrected chi connectivity index (χ4v) is 1.58. The highest BCUT2D eigenvalue weighted by molar-refractivity contribution is 6.32. The maximum Gasteiger partial charge on any atom is 0.287 e. The first-order valence-electron chi connectivity index (χ1n) is 5.78. The minimum absolute atomic E-state index is 0.00317. The number of allylic oxidation sites excluding steroid dienone is 1. The molecule has 0 aliphatic rings. The largest absolute Gasteiger partial charge is 0.382 e. The lowest BCUT2D eigenvalue weighted by atomic mass is 10.3. The molecule has 1 rings (SSSR count). The van der Waals surface area contributed by atoms with Crippen LogP contribution in [-0.4, -0.2) is 41.2 Å². The topological polar surface area (TPSA) is 67.2 Å². The molecule has 0 aromatic carbocycles. The van der Waals surface area contributed by atoms with E-state index >= 15 is 0 Å². The third-order valence-electron chi connectivity index (χ3n) is 2.44. The average Bonchev–Trinajstić information content (AvgIpc) is 2.37. The van der Waals surface area contributed by atoms with Gasteiger partial charge < -0.3 is 10.2 Å². The molecule has 7 heteroatoms. The summed E-state index contributed by atoms with van der Waals surface area (Å²) in [4.78, 5) is 24.7. The Bertz CT molecular complexity index is 525. The van der Waals surface area contributed by atoms with Gasteiger partial charge in [0.1, 0.15) is 5.02 Å². The number of carbonyl (C=O) groups is 1. The van der Waals surface area contributed by atoms with Crippen LogP contribution < -0.4 is 10.9 Å². The van der Waals surface area contributed by atoms with Crippen LogP contribution in [0.25, 0.3) is 0 Å². The van der Waals surface area contributed by atoms with E-state index in [0.717, 1.165) is 0 Å². The van der Waals surface area contributed by atoms with E-state index in [0.29, 0.717) is 25.2 Å². The highest BCUT2D eigenvalue weighted by Gasteiger charge is 2.09. The number of aromatic nitrogens is 2. The highest BCUT2D eigenvalue weighted by Crippen LogP contribution is 2.14. The number of nitrogens with one attached hydrogen (secondary N) is 1. The molecule has 1 aromatic rings. The quantitative estimate of drug-likeness (QED) is 0.791. The number of hydrogen-bond acceptors (Lipinski definition) is 4. The lowest BCUT2D eigenvalue weighted by Crippen LogP contribution is -2.26. The van der Waals surface area contributed by atoms with Crippen molar-refractivity contribution < 1.29 is 4.79 Å². The van der Waals surface area contributed by atoms with E-state index < -0.39 is 0 Å². The van der Waals surface area contributed by atoms with Gasteiger partial charge in [-0.3, -0.25) is 9.59 Å². The highest BCUT2D eigenvalue weighted by atomic mass is 35.5. The van der Waals surface area contributed by atoms with Crippen LogP contribution in [-0.2, 0) is 11.3 Å². The molecule has 0 aliphatic carbocycles. The van der Waals surface area contributed by atoms with Crippen LogP contribution in [0.15, 0.2) is 23.6 Å². The number of hydrogen-bond donors (Lipinski definition) is 1. The Labute approximate surface area is 116 Å². The van der Waals surface area contributed by atoms with Crippen molar-refractivity contribution in [1.82, 2.24) is 14.7 Å². The molecule has 0 fully saturated rings. The number of nitrogens with zero attached hydrogens (tertiary/aromatic N) is 3. The lowest BCUT2D eigenvalue weighted by Gasteiger charge is -2.12. The van der Waals surface area contributed by atoms with E-state index in [9.17, 15) is 9.59 Å². The fourth-order valence-electron chi connectivity index (χ4n) is 1.37. The van der Waals surface area contributed by atoms with Gasteiger partial charge in [-0.1, -0.05) is 17.7 Å². The molecule has 1 aromatic heterocycles. The third kappa shape index (κ3) is 4.10. The summed E-state index contributed by atoms with van der Waals surface area (Å²) in [6.45, 7) is 4.23. The fraction of sp³-hybridized carbons (Fsp3) is 0.417. The summed E-state index contributed by atoms with van der Waals surface area (Å²) in [7, 11) is 3.38. The number of carbonyl (C=O) groups excluding carboxylic acids is 1. The van der Waals surface area contributed by atoms with Crippen molar-refractivity contribution in [1.29, 1.82) is 0 Å². The summed E-state index contributed by atoms with van der Waals surface area (Å²) in [5.74, 6) is -0.00317. The van der Waals surface area contributed by atoms with Crippen LogP contribution in [0.4, 0.5) is 5.69 Å². The summed E-state index contributed by atoms with van der Waals surface area (Å²) >= 11 is 5.95. The molecule has 0 atom stereocenters. The molecule has 0 aliphatic heterocycles. The zero-order valence-electron chi connectivity index (χ0n) is 11.0. The minimum atomic E-state index is -0.384. The normalized spacial score (nSPS) is 10.1. The van der Waals surface area contributed by atoms with Gasteiger partial charge in [-0.15, -0.1) is 6.58 Å². The van der Waals surface area contributed by atoms with Crippen LogP contribution in [0, 0.1) is 0 Å². The average molecular weight is 285 g/mol. The van der Waals surface area contributed by atoms with Crippen LogP contribution in [0.5, 0.6) is 0 Å². The molecule has 0 spiro atoms. The summed E-state index contributed by atoms with van der Waals surface area (Å²) in [5, 5.41) is 6.94. The minimum Gasteiger partial charge on any atom is -0.382 e. The maximum absolute atomic E-state index is 11.8. The molecule has 1 heterocycles. The molecule has 0 saturated heterocycles. The molecular formula is C12H17ClN4O2. The molecule has 1 amide bonds. The number of anilines is 1. The SMILES string of the molecule is C=CCn1ncc(NCCC(=O)N(C)C)c(Cl)c1=O. The second-order valence-electron chi connectivity index (χ2n) is 4.11. The van der Waals surface area contributed by atoms with Crippen LogP contribution >= 0.6 is 11.6 Å². The van der Waals surface area contributed by atoms with Gasteiger partial charge >= 0.3 is 0 Å². The van der Waals surface area contributed by atoms with Crippen molar-refractivity contribution in [2.75, 3.05) is 26.0 Å². The van der Waals surface area contributed by atoms with Crippen molar-refractivity contribution in [2.45, 2.75) is 13.0 Å². The summed E-state index contributed by atoms with van der Waals surface area (Å²) in [5.41, 5.74) is 0.0454. The van der Waals surface area contributed by atoms with Gasteiger partial charge in [0.25, 0.3) is 5.56 Å². The summed E-state index contributed by atoms with van der Waals surface area (Å²) < 4.78 is 1.21. The smallest absolute Gasteiger partial charge is 0.287 e. The standard InChI is InChI=1S/C12H17ClN4O2/c1-4-7-17-12(19)11(13)9(8-15-17)14-6-5-10(18)16(2)3/h4,8,14H,1,5-7H2,2-3H3. The number of amides is 1. The van der Waals surface area contributed by atoms with Gasteiger partial charge in [-0.25, -0.2) is 4.68 Å². The maximum atomic E-state index is 11.8. The molecular weight excluding hydrogens is 268 g/mol. The van der Waals surface area contributed by atoms with Crippen LogP contribution in [0.3, 0.4) is 0 Å². The summed E-state index contributed by atoms with van der Waals surface area (Å²) in [6.07, 6.45) is 3.35. The monoisotopic (exact) mass is 284 g/mol. The molecule has 19 heavy (non-hydrogen) atoms. The zero-order valence-corrected chi connectivity index (χ0v) is 11.8. The molecule has 0 bridgehead atoms. The molecule has 104 valence electrons. The Kier molecular flexibility index (Phi) is 5.57. The molecule has 0 unspecified atom stereocenters. The number of rotatable bonds is 6. The van der Waals surface area contributed by atoms with Gasteiger partial charge in [0, 0.05) is 27.1 Å². The Morgan fingerprint density at radius 3 is 2.89 bits per heavy atom. The molecule has 1 N–H and O–H groups in total.